The van der Waals surface area contributed by atoms with Gasteiger partial charge in [-0.1, -0.05) is 29.9 Å². The van der Waals surface area contributed by atoms with E-state index < -0.39 is 16.1 Å². The molecule has 13 heteroatoms. The van der Waals surface area contributed by atoms with Gasteiger partial charge in [0.2, 0.25) is 5.95 Å². The summed E-state index contributed by atoms with van der Waals surface area (Å²) in [6, 6.07) is 4.73. The molecule has 0 aliphatic rings. The van der Waals surface area contributed by atoms with Gasteiger partial charge in [0.1, 0.15) is 29.7 Å². The van der Waals surface area contributed by atoms with Crippen LogP contribution in [0.25, 0.3) is 0 Å². The molecule has 0 aliphatic carbocycles. The maximum atomic E-state index is 12.7. The van der Waals surface area contributed by atoms with Crippen molar-refractivity contribution in [1.82, 2.24) is 19.7 Å². The second-order valence-electron chi connectivity index (χ2n) is 5.90. The molecule has 31 heavy (non-hydrogen) atoms. The molecule has 2 amide bonds. The van der Waals surface area contributed by atoms with Gasteiger partial charge in [-0.15, -0.1) is 0 Å². The number of rotatable bonds is 10. The summed E-state index contributed by atoms with van der Waals surface area (Å²) in [6.45, 7) is 6.92. The van der Waals surface area contributed by atoms with E-state index in [0.717, 1.165) is 0 Å². The Bertz CT molecular complexity index is 1070. The fourth-order valence-electron chi connectivity index (χ4n) is 2.11. The second kappa shape index (κ2) is 10.9. The van der Waals surface area contributed by atoms with Crippen molar-refractivity contribution in [2.24, 2.45) is 5.16 Å². The van der Waals surface area contributed by atoms with Gasteiger partial charge in [-0.25, -0.2) is 17.9 Å². The molecule has 1 aromatic carbocycles. The van der Waals surface area contributed by atoms with Crippen molar-refractivity contribution in [3.8, 4) is 11.8 Å². The Balaban J connectivity index is 2.11. The topological polar surface area (TPSA) is 154 Å². The summed E-state index contributed by atoms with van der Waals surface area (Å²) in [5.41, 5.74) is 0.471. The van der Waals surface area contributed by atoms with Crippen LogP contribution in [0.4, 0.5) is 10.7 Å². The number of aryl methyl sites for hydroxylation is 1. The minimum atomic E-state index is -4.28. The highest BCUT2D eigenvalue weighted by Crippen LogP contribution is 2.23. The summed E-state index contributed by atoms with van der Waals surface area (Å²) >= 11 is 0. The molecule has 0 atom stereocenters. The van der Waals surface area contributed by atoms with Gasteiger partial charge in [0.05, 0.1) is 12.8 Å². The number of benzene rings is 1. The maximum Gasteiger partial charge on any atom is 0.335 e. The van der Waals surface area contributed by atoms with Crippen LogP contribution in [0.15, 0.2) is 47.0 Å². The van der Waals surface area contributed by atoms with E-state index in [4.69, 9.17) is 14.3 Å². The number of carbonyl (C=O) groups is 1. The Kier molecular flexibility index (Phi) is 8.25. The summed E-state index contributed by atoms with van der Waals surface area (Å²) in [4.78, 5) is 28.5. The molecule has 0 aliphatic heterocycles. The summed E-state index contributed by atoms with van der Waals surface area (Å²) in [7, 11) is -2.93. The standard InChI is InChI=1S/C18H22N6O6S/c1-5-10-30-23-12(2)11-29-14-8-6-7-9-15(14)31(26,27)24-17(25)21-16-19-13(3)20-18(22-16)28-4/h5-9H,1,10-11H2,2-4H3,(H2,19,20,21,22,24,25). The molecule has 0 spiro atoms. The lowest BCUT2D eigenvalue weighted by molar-refractivity contribution is 0.172. The van der Waals surface area contributed by atoms with Crippen LogP contribution in [-0.4, -0.2) is 55.4 Å². The van der Waals surface area contributed by atoms with Crippen molar-refractivity contribution in [3.63, 3.8) is 0 Å². The molecule has 12 nitrogen and oxygen atoms in total. The number of oxime groups is 1. The number of ether oxygens (including phenoxy) is 2. The molecular weight excluding hydrogens is 428 g/mol. The number of urea groups is 1. The van der Waals surface area contributed by atoms with Crippen molar-refractivity contribution in [2.75, 3.05) is 25.6 Å². The van der Waals surface area contributed by atoms with Gasteiger partial charge in [0.15, 0.2) is 0 Å². The van der Waals surface area contributed by atoms with Gasteiger partial charge in [0.25, 0.3) is 10.0 Å². The number of nitrogens with zero attached hydrogens (tertiary/aromatic N) is 4. The van der Waals surface area contributed by atoms with E-state index in [2.05, 4.69) is 32.0 Å². The van der Waals surface area contributed by atoms with Gasteiger partial charge in [-0.3, -0.25) is 5.32 Å². The van der Waals surface area contributed by atoms with Gasteiger partial charge >= 0.3 is 12.0 Å². The summed E-state index contributed by atoms with van der Waals surface area (Å²) in [5, 5.41) is 6.02. The molecule has 0 bridgehead atoms. The molecule has 2 N–H and O–H groups in total. The molecule has 0 saturated heterocycles. The molecule has 0 unspecified atom stereocenters. The number of para-hydroxylation sites is 1. The highest BCUT2D eigenvalue weighted by atomic mass is 32.2. The lowest BCUT2D eigenvalue weighted by Gasteiger charge is -2.13. The first kappa shape index (κ1) is 23.5. The number of carbonyl (C=O) groups excluding carboxylic acids is 1. The molecule has 166 valence electrons. The van der Waals surface area contributed by atoms with E-state index >= 15 is 0 Å². The van der Waals surface area contributed by atoms with Gasteiger partial charge in [-0.05, 0) is 26.0 Å². The van der Waals surface area contributed by atoms with E-state index in [1.165, 1.54) is 31.4 Å². The Morgan fingerprint density at radius 2 is 2.00 bits per heavy atom. The van der Waals surface area contributed by atoms with Gasteiger partial charge in [0, 0.05) is 0 Å². The quantitative estimate of drug-likeness (QED) is 0.238. The van der Waals surface area contributed by atoms with E-state index in [-0.39, 0.29) is 41.6 Å². The Labute approximate surface area is 179 Å². The number of sulfonamides is 1. The normalized spacial score (nSPS) is 11.4. The average Bonchev–Trinajstić information content (AvgIpc) is 2.71. The van der Waals surface area contributed by atoms with E-state index in [1.807, 2.05) is 4.72 Å². The first-order valence-corrected chi connectivity index (χ1v) is 10.3. The molecule has 2 rings (SSSR count). The monoisotopic (exact) mass is 450 g/mol. The number of aromatic nitrogens is 3. The predicted molar refractivity (Wildman–Crippen MR) is 112 cm³/mol. The Hall–Kier alpha value is -3.74. The molecular formula is C18H22N6O6S. The van der Waals surface area contributed by atoms with Crippen LogP contribution in [0, 0.1) is 6.92 Å². The third kappa shape index (κ3) is 7.22. The fourth-order valence-corrected chi connectivity index (χ4v) is 3.16. The molecule has 0 saturated carbocycles. The molecule has 1 heterocycles. The highest BCUT2D eigenvalue weighted by molar-refractivity contribution is 7.90. The van der Waals surface area contributed by atoms with Gasteiger partial charge in [-0.2, -0.15) is 15.0 Å². The highest BCUT2D eigenvalue weighted by Gasteiger charge is 2.23. The minimum Gasteiger partial charge on any atom is -0.486 e. The van der Waals surface area contributed by atoms with Crippen LogP contribution in [-0.2, 0) is 14.9 Å². The summed E-state index contributed by atoms with van der Waals surface area (Å²) in [6.07, 6.45) is 1.53. The van der Waals surface area contributed by atoms with E-state index in [9.17, 15) is 13.2 Å². The fraction of sp³-hybridized carbons (Fsp3) is 0.278. The number of amides is 2. The van der Waals surface area contributed by atoms with Crippen LogP contribution in [0.5, 0.6) is 11.8 Å². The van der Waals surface area contributed by atoms with Crippen LogP contribution < -0.4 is 19.5 Å². The third-order valence-electron chi connectivity index (χ3n) is 3.35. The SMILES string of the molecule is C=CCON=C(C)COc1ccccc1S(=O)(=O)NC(=O)Nc1nc(C)nc(OC)n1. The zero-order chi connectivity index (χ0) is 22.9. The zero-order valence-corrected chi connectivity index (χ0v) is 18.0. The smallest absolute Gasteiger partial charge is 0.335 e. The largest absolute Gasteiger partial charge is 0.486 e. The molecule has 0 radical (unpaired) electrons. The molecule has 0 fully saturated rings. The first-order chi connectivity index (χ1) is 14.7. The van der Waals surface area contributed by atoms with Crippen LogP contribution in [0.3, 0.4) is 0 Å². The van der Waals surface area contributed by atoms with Crippen LogP contribution >= 0.6 is 0 Å². The van der Waals surface area contributed by atoms with E-state index in [0.29, 0.717) is 5.71 Å². The first-order valence-electron chi connectivity index (χ1n) is 8.83. The summed E-state index contributed by atoms with van der Waals surface area (Å²) < 4.78 is 37.7. The Morgan fingerprint density at radius 3 is 2.71 bits per heavy atom. The van der Waals surface area contributed by atoms with Crippen molar-refractivity contribution >= 4 is 27.7 Å². The minimum absolute atomic E-state index is 0.0266. The number of hydrogen-bond donors (Lipinski definition) is 2. The van der Waals surface area contributed by atoms with Gasteiger partial charge < -0.3 is 14.3 Å². The maximum absolute atomic E-state index is 12.7. The van der Waals surface area contributed by atoms with Crippen molar-refractivity contribution in [1.29, 1.82) is 0 Å². The number of hydrogen-bond acceptors (Lipinski definition) is 10. The van der Waals surface area contributed by atoms with Crippen molar-refractivity contribution in [2.45, 2.75) is 18.7 Å². The average molecular weight is 450 g/mol. The zero-order valence-electron chi connectivity index (χ0n) is 17.2. The van der Waals surface area contributed by atoms with Crippen LogP contribution in [0.2, 0.25) is 0 Å². The second-order valence-corrected chi connectivity index (χ2v) is 7.55. The number of nitrogens with one attached hydrogen (secondary N) is 2. The molecule has 2 aromatic rings. The summed E-state index contributed by atoms with van der Waals surface area (Å²) in [5.74, 6) is 0.129. The third-order valence-corrected chi connectivity index (χ3v) is 4.72. The van der Waals surface area contributed by atoms with Crippen molar-refractivity contribution in [3.05, 3.63) is 42.7 Å². The molecule has 1 aromatic heterocycles. The van der Waals surface area contributed by atoms with Crippen LogP contribution in [0.1, 0.15) is 12.7 Å². The Morgan fingerprint density at radius 1 is 1.26 bits per heavy atom. The number of anilines is 1. The predicted octanol–water partition coefficient (Wildman–Crippen LogP) is 1.66. The van der Waals surface area contributed by atoms with Crippen molar-refractivity contribution < 1.29 is 27.5 Å². The number of methoxy groups -OCH3 is 1. The lowest BCUT2D eigenvalue weighted by Crippen LogP contribution is -2.35. The van der Waals surface area contributed by atoms with E-state index in [1.54, 1.807) is 19.9 Å². The lowest BCUT2D eigenvalue weighted by atomic mass is 10.3.